The van der Waals surface area contributed by atoms with Gasteiger partial charge in [0.15, 0.2) is 5.75 Å². The lowest BCUT2D eigenvalue weighted by atomic mass is 10.3. The number of methoxy groups -OCH3 is 1. The second kappa shape index (κ2) is 3.90. The number of aliphatic carboxylic acids is 1. The highest BCUT2D eigenvalue weighted by atomic mass is 16.5. The third kappa shape index (κ3) is 2.45. The Hall–Kier alpha value is -1.56. The molecular weight excluding hydrogens is 174 g/mol. The molecule has 0 aromatic carbocycles. The Bertz CT molecular complexity index is 297. The summed E-state index contributed by atoms with van der Waals surface area (Å²) < 4.78 is 6.29. The summed E-state index contributed by atoms with van der Waals surface area (Å²) in [6.07, 6.45) is 3.08. The van der Waals surface area contributed by atoms with E-state index in [1.165, 1.54) is 18.0 Å². The van der Waals surface area contributed by atoms with Gasteiger partial charge in [0.2, 0.25) is 0 Å². The van der Waals surface area contributed by atoms with Gasteiger partial charge < -0.3 is 15.6 Å². The van der Waals surface area contributed by atoms with E-state index >= 15 is 0 Å². The number of nitrogens with two attached hydrogens (primary N) is 1. The van der Waals surface area contributed by atoms with Crippen LogP contribution in [0.15, 0.2) is 12.4 Å². The minimum atomic E-state index is -1.05. The van der Waals surface area contributed by atoms with Crippen LogP contribution >= 0.6 is 0 Å². The van der Waals surface area contributed by atoms with E-state index < -0.39 is 12.0 Å². The van der Waals surface area contributed by atoms with E-state index in [1.807, 2.05) is 0 Å². The number of ether oxygens (including phenoxy) is 1. The molecule has 0 aliphatic heterocycles. The van der Waals surface area contributed by atoms with Crippen LogP contribution < -0.4 is 10.5 Å². The first-order valence-electron chi connectivity index (χ1n) is 3.68. The number of carboxylic acids is 1. The molecule has 72 valence electrons. The Morgan fingerprint density at radius 2 is 2.62 bits per heavy atom. The second-order valence-corrected chi connectivity index (χ2v) is 2.55. The number of hydrogen-bond acceptors (Lipinski definition) is 4. The normalized spacial score (nSPS) is 12.5. The number of carboxylic acid groups (broad SMARTS) is 1. The van der Waals surface area contributed by atoms with Crippen molar-refractivity contribution in [3.8, 4) is 5.75 Å². The minimum absolute atomic E-state index is 0.138. The van der Waals surface area contributed by atoms with Crippen LogP contribution in [-0.4, -0.2) is 34.0 Å². The summed E-state index contributed by atoms with van der Waals surface area (Å²) >= 11 is 0. The molecule has 3 N–H and O–H groups in total. The zero-order valence-electron chi connectivity index (χ0n) is 7.17. The fraction of sp³-hybridized carbons (Fsp3) is 0.429. The molecule has 0 radical (unpaired) electrons. The van der Waals surface area contributed by atoms with E-state index in [-0.39, 0.29) is 6.54 Å². The monoisotopic (exact) mass is 185 g/mol. The molecule has 0 spiro atoms. The molecule has 6 heteroatoms. The van der Waals surface area contributed by atoms with Crippen molar-refractivity contribution in [3.05, 3.63) is 12.4 Å². The zero-order chi connectivity index (χ0) is 9.84. The van der Waals surface area contributed by atoms with Crippen molar-refractivity contribution in [2.24, 2.45) is 5.73 Å². The van der Waals surface area contributed by atoms with Gasteiger partial charge in [-0.15, -0.1) is 0 Å². The molecule has 13 heavy (non-hydrogen) atoms. The smallest absolute Gasteiger partial charge is 0.322 e. The maximum absolute atomic E-state index is 10.4. The molecule has 0 amide bonds. The second-order valence-electron chi connectivity index (χ2n) is 2.55. The van der Waals surface area contributed by atoms with Gasteiger partial charge in [0.1, 0.15) is 6.04 Å². The predicted molar refractivity (Wildman–Crippen MR) is 44.4 cm³/mol. The molecule has 1 aromatic heterocycles. The van der Waals surface area contributed by atoms with E-state index in [0.29, 0.717) is 5.75 Å². The zero-order valence-corrected chi connectivity index (χ0v) is 7.17. The van der Waals surface area contributed by atoms with Crippen LogP contribution in [0.3, 0.4) is 0 Å². The van der Waals surface area contributed by atoms with Crippen LogP contribution in [0.1, 0.15) is 0 Å². The Morgan fingerprint density at radius 3 is 3.08 bits per heavy atom. The molecule has 6 nitrogen and oxygen atoms in total. The highest BCUT2D eigenvalue weighted by Gasteiger charge is 2.12. The fourth-order valence-corrected chi connectivity index (χ4v) is 0.829. The van der Waals surface area contributed by atoms with Crippen molar-refractivity contribution < 1.29 is 14.6 Å². The van der Waals surface area contributed by atoms with Crippen LogP contribution in [0.25, 0.3) is 0 Å². The van der Waals surface area contributed by atoms with E-state index in [2.05, 4.69) is 5.10 Å². The predicted octanol–water partition coefficient (Wildman–Crippen LogP) is -0.696. The molecule has 1 aromatic rings. The number of aromatic nitrogens is 2. The number of nitrogens with zero attached hydrogens (tertiary/aromatic N) is 2. The van der Waals surface area contributed by atoms with Crippen molar-refractivity contribution in [1.82, 2.24) is 9.78 Å². The molecule has 0 saturated heterocycles. The van der Waals surface area contributed by atoms with Gasteiger partial charge in [0.25, 0.3) is 0 Å². The van der Waals surface area contributed by atoms with Crippen molar-refractivity contribution in [2.45, 2.75) is 12.6 Å². The van der Waals surface area contributed by atoms with Gasteiger partial charge in [-0.25, -0.2) is 0 Å². The van der Waals surface area contributed by atoms with Gasteiger partial charge in [0.05, 0.1) is 26.0 Å². The third-order valence-corrected chi connectivity index (χ3v) is 1.55. The summed E-state index contributed by atoms with van der Waals surface area (Å²) in [5.41, 5.74) is 5.30. The van der Waals surface area contributed by atoms with Crippen LogP contribution in [0, 0.1) is 0 Å². The number of carbonyl (C=O) groups is 1. The van der Waals surface area contributed by atoms with E-state index in [1.54, 1.807) is 6.20 Å². The van der Waals surface area contributed by atoms with Crippen LogP contribution in [0.5, 0.6) is 5.75 Å². The molecule has 1 atom stereocenters. The summed E-state index contributed by atoms with van der Waals surface area (Å²) in [6.45, 7) is 0.138. The van der Waals surface area contributed by atoms with Crippen LogP contribution in [-0.2, 0) is 11.3 Å². The van der Waals surface area contributed by atoms with Crippen molar-refractivity contribution in [2.75, 3.05) is 7.11 Å². The van der Waals surface area contributed by atoms with E-state index in [0.717, 1.165) is 0 Å². The van der Waals surface area contributed by atoms with Crippen LogP contribution in [0.2, 0.25) is 0 Å². The topological polar surface area (TPSA) is 90.4 Å². The standard InChI is InChI=1S/C7H11N3O3/c1-13-5-2-9-10(3-5)4-6(8)7(11)12/h2-3,6H,4,8H2,1H3,(H,11,12). The maximum atomic E-state index is 10.4. The van der Waals surface area contributed by atoms with Crippen molar-refractivity contribution >= 4 is 5.97 Å². The summed E-state index contributed by atoms with van der Waals surface area (Å²) in [5, 5.41) is 12.4. The van der Waals surface area contributed by atoms with E-state index in [4.69, 9.17) is 15.6 Å². The lowest BCUT2D eigenvalue weighted by molar-refractivity contribution is -0.138. The lowest BCUT2D eigenvalue weighted by Gasteiger charge is -2.04. The summed E-state index contributed by atoms with van der Waals surface area (Å²) in [6, 6.07) is -0.940. The molecule has 0 saturated carbocycles. The van der Waals surface area contributed by atoms with Crippen LogP contribution in [0.4, 0.5) is 0 Å². The summed E-state index contributed by atoms with van der Waals surface area (Å²) in [7, 11) is 1.51. The Balaban J connectivity index is 2.58. The third-order valence-electron chi connectivity index (χ3n) is 1.55. The van der Waals surface area contributed by atoms with Crippen molar-refractivity contribution in [1.29, 1.82) is 0 Å². The van der Waals surface area contributed by atoms with Gasteiger partial charge in [0, 0.05) is 0 Å². The van der Waals surface area contributed by atoms with Gasteiger partial charge in [-0.1, -0.05) is 0 Å². The fourth-order valence-electron chi connectivity index (χ4n) is 0.829. The minimum Gasteiger partial charge on any atom is -0.493 e. The van der Waals surface area contributed by atoms with Gasteiger partial charge >= 0.3 is 5.97 Å². The largest absolute Gasteiger partial charge is 0.493 e. The first-order chi connectivity index (χ1) is 6.13. The summed E-state index contributed by atoms with van der Waals surface area (Å²) in [5.74, 6) is -0.466. The average Bonchev–Trinajstić information content (AvgIpc) is 2.52. The Labute approximate surface area is 74.9 Å². The lowest BCUT2D eigenvalue weighted by Crippen LogP contribution is -2.34. The highest BCUT2D eigenvalue weighted by molar-refractivity contribution is 5.72. The van der Waals surface area contributed by atoms with Gasteiger partial charge in [-0.05, 0) is 0 Å². The Morgan fingerprint density at radius 1 is 1.92 bits per heavy atom. The first kappa shape index (κ1) is 9.53. The molecule has 0 aliphatic carbocycles. The van der Waals surface area contributed by atoms with E-state index in [9.17, 15) is 4.79 Å². The highest BCUT2D eigenvalue weighted by Crippen LogP contribution is 2.06. The quantitative estimate of drug-likeness (QED) is 0.647. The number of hydrogen-bond donors (Lipinski definition) is 2. The average molecular weight is 185 g/mol. The maximum Gasteiger partial charge on any atom is 0.322 e. The molecule has 1 heterocycles. The first-order valence-corrected chi connectivity index (χ1v) is 3.68. The molecule has 1 rings (SSSR count). The van der Waals surface area contributed by atoms with Crippen molar-refractivity contribution in [3.63, 3.8) is 0 Å². The molecule has 0 fully saturated rings. The molecule has 0 bridgehead atoms. The summed E-state index contributed by atoms with van der Waals surface area (Å²) in [4.78, 5) is 10.4. The molecule has 0 aliphatic rings. The SMILES string of the molecule is COc1cnn(CC(N)C(=O)O)c1. The Kier molecular flexibility index (Phi) is 2.86. The van der Waals surface area contributed by atoms with Gasteiger partial charge in [-0.2, -0.15) is 5.10 Å². The number of rotatable bonds is 4. The van der Waals surface area contributed by atoms with Gasteiger partial charge in [-0.3, -0.25) is 9.48 Å². The molecular formula is C7H11N3O3. The molecule has 1 unspecified atom stereocenters.